The molecular formula is C15H15ClIN7S. The van der Waals surface area contributed by atoms with Crippen LogP contribution in [0.2, 0.25) is 5.15 Å². The third-order valence-electron chi connectivity index (χ3n) is 3.94. The molecule has 0 aliphatic carbocycles. The van der Waals surface area contributed by atoms with Gasteiger partial charge in [0.2, 0.25) is 5.95 Å². The highest BCUT2D eigenvalue weighted by Crippen LogP contribution is 2.26. The molecule has 4 heterocycles. The summed E-state index contributed by atoms with van der Waals surface area (Å²) in [6, 6.07) is 1.80. The molecular weight excluding hydrogens is 473 g/mol. The van der Waals surface area contributed by atoms with Gasteiger partial charge in [0, 0.05) is 66.0 Å². The molecule has 1 fully saturated rings. The van der Waals surface area contributed by atoms with Gasteiger partial charge in [-0.05, 0) is 6.07 Å². The molecule has 1 aliphatic heterocycles. The standard InChI is InChI=1S/C15H15ClIN7S/c16-12-7-10-11(8-19-12)21-15(23-2-4-24(17)5-3-23)22-14(10)20-9-13-18-1-6-25-13/h1,6-8H,2-5,9H2,(H,20,21,22). The molecule has 0 radical (unpaired) electrons. The van der Waals surface area contributed by atoms with Gasteiger partial charge in [-0.3, -0.25) is 0 Å². The molecule has 0 unspecified atom stereocenters. The Morgan fingerprint density at radius 1 is 1.20 bits per heavy atom. The number of piperazine rings is 1. The van der Waals surface area contributed by atoms with Gasteiger partial charge in [0.25, 0.3) is 0 Å². The zero-order chi connectivity index (χ0) is 17.2. The normalized spacial score (nSPS) is 15.7. The van der Waals surface area contributed by atoms with Gasteiger partial charge in [0.15, 0.2) is 0 Å². The third-order valence-corrected chi connectivity index (χ3v) is 5.89. The first-order valence-electron chi connectivity index (χ1n) is 7.80. The monoisotopic (exact) mass is 487 g/mol. The molecule has 3 aromatic heterocycles. The lowest BCUT2D eigenvalue weighted by Crippen LogP contribution is -2.43. The van der Waals surface area contributed by atoms with E-state index in [1.165, 1.54) is 0 Å². The van der Waals surface area contributed by atoms with Crippen LogP contribution in [0.4, 0.5) is 11.8 Å². The van der Waals surface area contributed by atoms with Crippen LogP contribution in [0.15, 0.2) is 23.8 Å². The highest BCUT2D eigenvalue weighted by atomic mass is 127. The number of aromatic nitrogens is 4. The van der Waals surface area contributed by atoms with Gasteiger partial charge in [0.05, 0.1) is 18.3 Å². The summed E-state index contributed by atoms with van der Waals surface area (Å²) in [5.74, 6) is 1.49. The van der Waals surface area contributed by atoms with E-state index in [0.717, 1.165) is 53.9 Å². The van der Waals surface area contributed by atoms with Crippen LogP contribution in [0.3, 0.4) is 0 Å². The van der Waals surface area contributed by atoms with E-state index in [9.17, 15) is 0 Å². The van der Waals surface area contributed by atoms with E-state index >= 15 is 0 Å². The van der Waals surface area contributed by atoms with Crippen LogP contribution >= 0.6 is 45.8 Å². The molecule has 0 aromatic carbocycles. The number of nitrogens with one attached hydrogen (secondary N) is 1. The Morgan fingerprint density at radius 3 is 2.80 bits per heavy atom. The number of hydrogen-bond acceptors (Lipinski definition) is 8. The number of anilines is 2. The Labute approximate surface area is 167 Å². The van der Waals surface area contributed by atoms with Crippen molar-refractivity contribution in [2.75, 3.05) is 36.4 Å². The van der Waals surface area contributed by atoms with Gasteiger partial charge in [-0.25, -0.2) is 18.1 Å². The lowest BCUT2D eigenvalue weighted by molar-refractivity contribution is 0.456. The van der Waals surface area contributed by atoms with Crippen molar-refractivity contribution in [2.45, 2.75) is 6.54 Å². The molecule has 0 amide bonds. The molecule has 0 spiro atoms. The van der Waals surface area contributed by atoms with Gasteiger partial charge in [-0.1, -0.05) is 11.6 Å². The van der Waals surface area contributed by atoms with Gasteiger partial charge in [0.1, 0.15) is 16.0 Å². The summed E-state index contributed by atoms with van der Waals surface area (Å²) >= 11 is 10.0. The number of fused-ring (bicyclic) bond motifs is 1. The number of nitrogens with zero attached hydrogens (tertiary/aromatic N) is 6. The van der Waals surface area contributed by atoms with Crippen LogP contribution in [0.25, 0.3) is 10.9 Å². The van der Waals surface area contributed by atoms with Crippen LogP contribution in [0, 0.1) is 0 Å². The quantitative estimate of drug-likeness (QED) is 0.344. The molecule has 0 atom stereocenters. The molecule has 130 valence electrons. The fourth-order valence-electron chi connectivity index (χ4n) is 2.65. The van der Waals surface area contributed by atoms with Crippen molar-refractivity contribution in [2.24, 2.45) is 0 Å². The SMILES string of the molecule is Clc1cc2c(NCc3nccs3)nc(N3CCN(I)CC3)nc2cn1. The van der Waals surface area contributed by atoms with Crippen molar-refractivity contribution < 1.29 is 0 Å². The van der Waals surface area contributed by atoms with Gasteiger partial charge >= 0.3 is 0 Å². The largest absolute Gasteiger partial charge is 0.363 e. The summed E-state index contributed by atoms with van der Waals surface area (Å²) in [5, 5.41) is 7.65. The minimum atomic E-state index is 0.430. The van der Waals surface area contributed by atoms with Crippen molar-refractivity contribution in [1.82, 2.24) is 23.0 Å². The molecule has 10 heteroatoms. The highest BCUT2D eigenvalue weighted by Gasteiger charge is 2.19. The maximum absolute atomic E-state index is 6.07. The van der Waals surface area contributed by atoms with Crippen molar-refractivity contribution in [3.63, 3.8) is 0 Å². The van der Waals surface area contributed by atoms with Crippen LogP contribution in [0.5, 0.6) is 0 Å². The predicted octanol–water partition coefficient (Wildman–Crippen LogP) is 3.22. The Hall–Kier alpha value is -1.30. The third kappa shape index (κ3) is 3.94. The predicted molar refractivity (Wildman–Crippen MR) is 110 cm³/mol. The lowest BCUT2D eigenvalue weighted by atomic mass is 10.3. The molecule has 1 saturated heterocycles. The molecule has 25 heavy (non-hydrogen) atoms. The first kappa shape index (κ1) is 17.1. The minimum Gasteiger partial charge on any atom is -0.363 e. The second-order valence-corrected chi connectivity index (χ2v) is 8.30. The van der Waals surface area contributed by atoms with Crippen LogP contribution < -0.4 is 10.2 Å². The maximum atomic E-state index is 6.07. The fraction of sp³-hybridized carbons (Fsp3) is 0.333. The average Bonchev–Trinajstić information content (AvgIpc) is 3.14. The zero-order valence-corrected chi connectivity index (χ0v) is 16.9. The molecule has 0 saturated carbocycles. The minimum absolute atomic E-state index is 0.430. The Bertz CT molecular complexity index is 868. The van der Waals surface area contributed by atoms with Crippen LogP contribution in [-0.4, -0.2) is 49.2 Å². The summed E-state index contributed by atoms with van der Waals surface area (Å²) in [4.78, 5) is 20.1. The summed E-state index contributed by atoms with van der Waals surface area (Å²) in [7, 11) is 0. The number of halogens is 2. The Balaban J connectivity index is 1.68. The van der Waals surface area contributed by atoms with Crippen molar-refractivity contribution in [3.8, 4) is 0 Å². The van der Waals surface area contributed by atoms with Gasteiger partial charge in [-0.15, -0.1) is 11.3 Å². The summed E-state index contributed by atoms with van der Waals surface area (Å²) < 4.78 is 2.28. The first-order valence-corrected chi connectivity index (χ1v) is 10.0. The van der Waals surface area contributed by atoms with Crippen molar-refractivity contribution in [3.05, 3.63) is 34.0 Å². The van der Waals surface area contributed by atoms with E-state index in [4.69, 9.17) is 21.6 Å². The van der Waals surface area contributed by atoms with E-state index in [-0.39, 0.29) is 0 Å². The van der Waals surface area contributed by atoms with E-state index in [1.807, 2.05) is 5.38 Å². The van der Waals surface area contributed by atoms with E-state index < -0.39 is 0 Å². The van der Waals surface area contributed by atoms with Crippen molar-refractivity contribution in [1.29, 1.82) is 0 Å². The molecule has 3 aromatic rings. The molecule has 7 nitrogen and oxygen atoms in total. The average molecular weight is 488 g/mol. The Kier molecular flexibility index (Phi) is 5.15. The number of rotatable bonds is 4. The van der Waals surface area contributed by atoms with E-state index in [2.05, 4.69) is 46.2 Å². The highest BCUT2D eigenvalue weighted by molar-refractivity contribution is 14.1. The lowest BCUT2D eigenvalue weighted by Gasteiger charge is -2.31. The smallest absolute Gasteiger partial charge is 0.228 e. The summed E-state index contributed by atoms with van der Waals surface area (Å²) in [6.45, 7) is 4.40. The zero-order valence-electron chi connectivity index (χ0n) is 13.2. The van der Waals surface area contributed by atoms with E-state index in [1.54, 1.807) is 29.8 Å². The van der Waals surface area contributed by atoms with Gasteiger partial charge < -0.3 is 10.2 Å². The topological polar surface area (TPSA) is 70.1 Å². The molecule has 1 aliphatic rings. The second kappa shape index (κ2) is 7.52. The summed E-state index contributed by atoms with van der Waals surface area (Å²) in [6.07, 6.45) is 3.50. The van der Waals surface area contributed by atoms with Crippen LogP contribution in [0.1, 0.15) is 5.01 Å². The number of thiazole rings is 1. The second-order valence-electron chi connectivity index (χ2n) is 5.57. The van der Waals surface area contributed by atoms with Crippen molar-refractivity contribution >= 4 is 68.5 Å². The Morgan fingerprint density at radius 2 is 2.04 bits per heavy atom. The molecule has 4 rings (SSSR count). The first-order chi connectivity index (χ1) is 12.2. The number of hydrogen-bond donors (Lipinski definition) is 1. The summed E-state index contributed by atoms with van der Waals surface area (Å²) in [5.41, 5.74) is 0.785. The van der Waals surface area contributed by atoms with Crippen LogP contribution in [-0.2, 0) is 6.54 Å². The molecule has 1 N–H and O–H groups in total. The maximum Gasteiger partial charge on any atom is 0.228 e. The van der Waals surface area contributed by atoms with E-state index in [0.29, 0.717) is 11.7 Å². The number of pyridine rings is 1. The van der Waals surface area contributed by atoms with Gasteiger partial charge in [-0.2, -0.15) is 4.98 Å². The fourth-order valence-corrected chi connectivity index (χ4v) is 3.80. The molecule has 0 bridgehead atoms.